The van der Waals surface area contributed by atoms with E-state index in [2.05, 4.69) is 26.2 Å². The molecule has 0 unspecified atom stereocenters. The largest absolute Gasteiger partial charge is 0.478 e. The molecule has 0 aliphatic carbocycles. The monoisotopic (exact) mass is 350 g/mol. The summed E-state index contributed by atoms with van der Waals surface area (Å²) in [5, 5.41) is 11.5. The number of hydrogen-bond donors (Lipinski definition) is 3. The van der Waals surface area contributed by atoms with Crippen LogP contribution in [0.15, 0.2) is 34.9 Å². The highest BCUT2D eigenvalue weighted by Gasteiger charge is 2.12. The van der Waals surface area contributed by atoms with Crippen LogP contribution in [0.1, 0.15) is 38.1 Å². The Labute approximate surface area is 128 Å². The van der Waals surface area contributed by atoms with Crippen molar-refractivity contribution in [1.29, 1.82) is 0 Å². The van der Waals surface area contributed by atoms with Crippen LogP contribution >= 0.6 is 15.9 Å². The summed E-state index contributed by atoms with van der Waals surface area (Å²) in [6.07, 6.45) is 1.45. The van der Waals surface area contributed by atoms with Crippen LogP contribution in [0.5, 0.6) is 0 Å². The van der Waals surface area contributed by atoms with Crippen LogP contribution < -0.4 is 5.32 Å². The number of carbonyl (C=O) groups is 3. The molecule has 0 radical (unpaired) electrons. The Morgan fingerprint density at radius 2 is 1.86 bits per heavy atom. The number of hydrogen-bond acceptors (Lipinski definition) is 3. The molecule has 2 rings (SSSR count). The molecule has 1 aromatic carbocycles. The maximum Gasteiger partial charge on any atom is 0.335 e. The lowest BCUT2D eigenvalue weighted by Gasteiger charge is -2.06. The molecule has 0 saturated heterocycles. The molecular formula is C14H11BrN2O4. The third kappa shape index (κ3) is 3.57. The Bertz CT molecular complexity index is 736. The number of anilines is 1. The third-order valence-electron chi connectivity index (χ3n) is 2.74. The van der Waals surface area contributed by atoms with Gasteiger partial charge in [-0.15, -0.1) is 0 Å². The predicted octanol–water partition coefficient (Wildman–Crippen LogP) is 2.93. The van der Waals surface area contributed by atoms with Crippen molar-refractivity contribution >= 4 is 39.3 Å². The highest BCUT2D eigenvalue weighted by Crippen LogP contribution is 2.20. The second kappa shape index (κ2) is 5.92. The van der Waals surface area contributed by atoms with Crippen molar-refractivity contribution < 1.29 is 19.5 Å². The Morgan fingerprint density at radius 1 is 1.14 bits per heavy atom. The van der Waals surface area contributed by atoms with Gasteiger partial charge in [0.05, 0.1) is 5.56 Å². The first-order chi connectivity index (χ1) is 9.86. The number of carboxylic acids is 1. The number of carbonyl (C=O) groups excluding carboxylic acids is 2. The second-order valence-corrected chi connectivity index (χ2v) is 5.26. The summed E-state index contributed by atoms with van der Waals surface area (Å²) in [6, 6.07) is 5.80. The van der Waals surface area contributed by atoms with E-state index in [0.29, 0.717) is 15.7 Å². The van der Waals surface area contributed by atoms with Gasteiger partial charge in [0.1, 0.15) is 5.69 Å². The van der Waals surface area contributed by atoms with Gasteiger partial charge < -0.3 is 15.4 Å². The smallest absolute Gasteiger partial charge is 0.335 e. The quantitative estimate of drug-likeness (QED) is 0.738. The van der Waals surface area contributed by atoms with Gasteiger partial charge in [-0.05, 0) is 31.2 Å². The second-order valence-electron chi connectivity index (χ2n) is 4.35. The van der Waals surface area contributed by atoms with Crippen molar-refractivity contribution in [2.75, 3.05) is 5.32 Å². The molecular weight excluding hydrogens is 340 g/mol. The van der Waals surface area contributed by atoms with Crippen molar-refractivity contribution in [1.82, 2.24) is 4.98 Å². The molecule has 1 amide bonds. The average molecular weight is 351 g/mol. The van der Waals surface area contributed by atoms with Gasteiger partial charge in [0.25, 0.3) is 5.91 Å². The molecule has 1 heterocycles. The fourth-order valence-electron chi connectivity index (χ4n) is 1.71. The number of carboxylic acid groups (broad SMARTS) is 1. The number of halogens is 1. The molecule has 0 aliphatic heterocycles. The van der Waals surface area contributed by atoms with E-state index in [9.17, 15) is 14.4 Å². The van der Waals surface area contributed by atoms with Gasteiger partial charge in [-0.2, -0.15) is 0 Å². The molecule has 0 bridgehead atoms. The zero-order chi connectivity index (χ0) is 15.6. The van der Waals surface area contributed by atoms with Crippen LogP contribution in [0.3, 0.4) is 0 Å². The summed E-state index contributed by atoms with van der Waals surface area (Å²) in [4.78, 5) is 36.9. The number of benzene rings is 1. The van der Waals surface area contributed by atoms with E-state index < -0.39 is 11.9 Å². The van der Waals surface area contributed by atoms with Crippen LogP contribution in [0.4, 0.5) is 5.69 Å². The minimum Gasteiger partial charge on any atom is -0.478 e. The molecule has 2 aromatic rings. The standard InChI is InChI=1S/C14H11BrN2O4/c1-7(18)9-4-12(16-6-9)13(19)17-11-3-8(14(20)21)2-10(15)5-11/h2-6,16H,1H3,(H,17,19)(H,20,21). The number of H-pyrrole nitrogens is 1. The van der Waals surface area contributed by atoms with Gasteiger partial charge in [-0.3, -0.25) is 9.59 Å². The zero-order valence-electron chi connectivity index (χ0n) is 10.9. The van der Waals surface area contributed by atoms with Crippen LogP contribution in [-0.2, 0) is 0 Å². The molecule has 0 fully saturated rings. The topological polar surface area (TPSA) is 99.3 Å². The molecule has 3 N–H and O–H groups in total. The molecule has 108 valence electrons. The van der Waals surface area contributed by atoms with Crippen molar-refractivity contribution in [3.63, 3.8) is 0 Å². The van der Waals surface area contributed by atoms with E-state index in [1.807, 2.05) is 0 Å². The van der Waals surface area contributed by atoms with Crippen LogP contribution in [0, 0.1) is 0 Å². The van der Waals surface area contributed by atoms with Crippen molar-refractivity contribution in [3.05, 3.63) is 51.8 Å². The number of ketones is 1. The molecule has 0 saturated carbocycles. The Balaban J connectivity index is 2.22. The summed E-state index contributed by atoms with van der Waals surface area (Å²) < 4.78 is 0.536. The number of nitrogens with one attached hydrogen (secondary N) is 2. The Hall–Kier alpha value is -2.41. The Morgan fingerprint density at radius 3 is 2.43 bits per heavy atom. The first kappa shape index (κ1) is 15.0. The minimum atomic E-state index is -1.09. The van der Waals surface area contributed by atoms with E-state index in [0.717, 1.165) is 0 Å². The van der Waals surface area contributed by atoms with E-state index in [-0.39, 0.29) is 17.0 Å². The summed E-state index contributed by atoms with van der Waals surface area (Å²) in [5.74, 6) is -1.71. The van der Waals surface area contributed by atoms with Gasteiger partial charge in [-0.1, -0.05) is 15.9 Å². The van der Waals surface area contributed by atoms with Crippen LogP contribution in [0.2, 0.25) is 0 Å². The van der Waals surface area contributed by atoms with Gasteiger partial charge in [0.2, 0.25) is 0 Å². The maximum atomic E-state index is 12.0. The van der Waals surface area contributed by atoms with Crippen LogP contribution in [0.25, 0.3) is 0 Å². The van der Waals surface area contributed by atoms with Crippen molar-refractivity contribution in [2.24, 2.45) is 0 Å². The number of aromatic amines is 1. The molecule has 0 aliphatic rings. The van der Waals surface area contributed by atoms with Gasteiger partial charge in [-0.25, -0.2) is 4.79 Å². The zero-order valence-corrected chi connectivity index (χ0v) is 12.5. The molecule has 6 nitrogen and oxygen atoms in total. The third-order valence-corrected chi connectivity index (χ3v) is 3.19. The first-order valence-electron chi connectivity index (χ1n) is 5.91. The first-order valence-corrected chi connectivity index (χ1v) is 6.70. The Kier molecular flexibility index (Phi) is 4.23. The summed E-state index contributed by atoms with van der Waals surface area (Å²) in [5.41, 5.74) is 1.01. The lowest BCUT2D eigenvalue weighted by molar-refractivity contribution is 0.0696. The van der Waals surface area contributed by atoms with Crippen molar-refractivity contribution in [2.45, 2.75) is 6.92 Å². The molecule has 0 spiro atoms. The van der Waals surface area contributed by atoms with E-state index >= 15 is 0 Å². The summed E-state index contributed by atoms with van der Waals surface area (Å²) >= 11 is 3.18. The molecule has 21 heavy (non-hydrogen) atoms. The average Bonchev–Trinajstić information content (AvgIpc) is 2.87. The fourth-order valence-corrected chi connectivity index (χ4v) is 2.21. The minimum absolute atomic E-state index is 0.0515. The highest BCUT2D eigenvalue weighted by atomic mass is 79.9. The SMILES string of the molecule is CC(=O)c1c[nH]c(C(=O)Nc2cc(Br)cc(C(=O)O)c2)c1. The number of aromatic carboxylic acids is 1. The van der Waals surface area contributed by atoms with Gasteiger partial charge in [0, 0.05) is 21.9 Å². The predicted molar refractivity (Wildman–Crippen MR) is 79.9 cm³/mol. The number of Topliss-reactive ketones (excluding diaryl/α,β-unsaturated/α-hetero) is 1. The van der Waals surface area contributed by atoms with E-state index in [1.165, 1.54) is 31.3 Å². The molecule has 7 heteroatoms. The van der Waals surface area contributed by atoms with Crippen molar-refractivity contribution in [3.8, 4) is 0 Å². The highest BCUT2D eigenvalue weighted by molar-refractivity contribution is 9.10. The number of amides is 1. The molecule has 1 aromatic heterocycles. The van der Waals surface area contributed by atoms with Crippen LogP contribution in [-0.4, -0.2) is 27.8 Å². The van der Waals surface area contributed by atoms with Gasteiger partial charge >= 0.3 is 5.97 Å². The molecule has 0 atom stereocenters. The van der Waals surface area contributed by atoms with Gasteiger partial charge in [0.15, 0.2) is 5.78 Å². The maximum absolute atomic E-state index is 12.0. The lowest BCUT2D eigenvalue weighted by atomic mass is 10.2. The summed E-state index contributed by atoms with van der Waals surface area (Å²) in [7, 11) is 0. The lowest BCUT2D eigenvalue weighted by Crippen LogP contribution is -2.13. The normalized spacial score (nSPS) is 10.2. The number of rotatable bonds is 4. The van der Waals surface area contributed by atoms with E-state index in [1.54, 1.807) is 6.07 Å². The number of aromatic nitrogens is 1. The summed E-state index contributed by atoms with van der Waals surface area (Å²) in [6.45, 7) is 1.40. The fraction of sp³-hybridized carbons (Fsp3) is 0.0714. The van der Waals surface area contributed by atoms with E-state index in [4.69, 9.17) is 5.11 Å².